The van der Waals surface area contributed by atoms with Gasteiger partial charge in [0.15, 0.2) is 5.69 Å². The molecule has 0 radical (unpaired) electrons. The van der Waals surface area contributed by atoms with Crippen LogP contribution in [0.15, 0.2) is 42.6 Å². The molecule has 140 valence electrons. The maximum atomic E-state index is 12.8. The summed E-state index contributed by atoms with van der Waals surface area (Å²) < 4.78 is 3.85. The first-order chi connectivity index (χ1) is 12.8. The average molecular weight is 363 g/mol. The van der Waals surface area contributed by atoms with E-state index in [9.17, 15) is 4.79 Å². The number of hydrogen-bond donors (Lipinski definition) is 1. The monoisotopic (exact) mass is 363 g/mol. The largest absolute Gasteiger partial charge is 0.321 e. The van der Waals surface area contributed by atoms with Crippen LogP contribution in [0.3, 0.4) is 0 Å². The van der Waals surface area contributed by atoms with Crippen molar-refractivity contribution in [3.05, 3.63) is 59.7 Å². The smallest absolute Gasteiger partial charge is 0.276 e. The van der Waals surface area contributed by atoms with Gasteiger partial charge in [-0.25, -0.2) is 4.68 Å². The molecule has 1 fully saturated rings. The normalized spacial score (nSPS) is 14.4. The van der Waals surface area contributed by atoms with Crippen LogP contribution in [-0.2, 0) is 5.54 Å². The van der Waals surface area contributed by atoms with Crippen LogP contribution in [0.2, 0.25) is 0 Å². The number of hydrogen-bond acceptors (Lipinski definition) is 3. The summed E-state index contributed by atoms with van der Waals surface area (Å²) >= 11 is 0. The van der Waals surface area contributed by atoms with Gasteiger partial charge in [-0.2, -0.15) is 10.2 Å². The first-order valence-electron chi connectivity index (χ1n) is 9.36. The third-order valence-electron chi connectivity index (χ3n) is 4.78. The molecule has 1 amide bonds. The highest BCUT2D eigenvalue weighted by molar-refractivity contribution is 6.03. The van der Waals surface area contributed by atoms with Crippen LogP contribution in [0.5, 0.6) is 0 Å². The van der Waals surface area contributed by atoms with E-state index in [2.05, 4.69) is 36.3 Å². The molecule has 2 heterocycles. The summed E-state index contributed by atoms with van der Waals surface area (Å²) in [5.74, 6) is 0.346. The second kappa shape index (κ2) is 6.37. The molecule has 1 N–H and O–H groups in total. The molecule has 3 aromatic rings. The molecule has 27 heavy (non-hydrogen) atoms. The van der Waals surface area contributed by atoms with Crippen molar-refractivity contribution < 1.29 is 4.79 Å². The van der Waals surface area contributed by atoms with Crippen molar-refractivity contribution in [3.63, 3.8) is 0 Å². The van der Waals surface area contributed by atoms with Crippen molar-refractivity contribution in [2.75, 3.05) is 5.32 Å². The highest BCUT2D eigenvalue weighted by Gasteiger charge is 2.32. The van der Waals surface area contributed by atoms with Gasteiger partial charge in [0.2, 0.25) is 0 Å². The number of carbonyl (C=O) groups excluding carboxylic acids is 1. The Morgan fingerprint density at radius 1 is 1.19 bits per heavy atom. The Labute approximate surface area is 159 Å². The van der Waals surface area contributed by atoms with E-state index in [0.717, 1.165) is 22.8 Å². The molecule has 1 saturated carbocycles. The van der Waals surface area contributed by atoms with Crippen LogP contribution in [0.4, 0.5) is 5.69 Å². The number of nitrogens with one attached hydrogen (secondary N) is 1. The topological polar surface area (TPSA) is 64.7 Å². The zero-order valence-electron chi connectivity index (χ0n) is 16.2. The molecule has 6 heteroatoms. The van der Waals surface area contributed by atoms with Gasteiger partial charge in [-0.1, -0.05) is 6.07 Å². The number of rotatable bonds is 4. The lowest BCUT2D eigenvalue weighted by Gasteiger charge is -2.22. The molecular weight excluding hydrogens is 338 g/mol. The number of amides is 1. The molecule has 2 aromatic heterocycles. The molecule has 1 aliphatic carbocycles. The molecule has 1 aliphatic rings. The maximum absolute atomic E-state index is 12.8. The standard InChI is InChI=1S/C21H25N5O/c1-14-10-11-22-25(14)17-7-5-6-16(12-17)23-20(27)18-13-19(15-8-9-15)26(24-18)21(2,3)4/h5-7,10-13,15H,8-9H2,1-4H3,(H,23,27). The minimum atomic E-state index is -0.186. The summed E-state index contributed by atoms with van der Waals surface area (Å²) in [6.07, 6.45) is 4.11. The summed E-state index contributed by atoms with van der Waals surface area (Å²) in [5.41, 5.74) is 4.16. The molecule has 0 spiro atoms. The van der Waals surface area contributed by atoms with Gasteiger partial charge in [0, 0.05) is 29.2 Å². The lowest BCUT2D eigenvalue weighted by atomic mass is 10.1. The third kappa shape index (κ3) is 3.52. The van der Waals surface area contributed by atoms with Crippen LogP contribution in [0.1, 0.15) is 61.4 Å². The Morgan fingerprint density at radius 2 is 1.96 bits per heavy atom. The summed E-state index contributed by atoms with van der Waals surface area (Å²) in [6.45, 7) is 8.34. The molecule has 4 rings (SSSR count). The molecule has 0 aliphatic heterocycles. The van der Waals surface area contributed by atoms with Gasteiger partial charge < -0.3 is 5.32 Å². The number of anilines is 1. The highest BCUT2D eigenvalue weighted by atomic mass is 16.2. The summed E-state index contributed by atoms with van der Waals surface area (Å²) in [4.78, 5) is 12.8. The Bertz CT molecular complexity index is 988. The second-order valence-electron chi connectivity index (χ2n) is 8.20. The van der Waals surface area contributed by atoms with Crippen LogP contribution >= 0.6 is 0 Å². The van der Waals surface area contributed by atoms with Gasteiger partial charge in [-0.05, 0) is 70.9 Å². The fourth-order valence-electron chi connectivity index (χ4n) is 3.26. The van der Waals surface area contributed by atoms with E-state index in [1.165, 1.54) is 12.8 Å². The van der Waals surface area contributed by atoms with Crippen molar-refractivity contribution in [2.24, 2.45) is 0 Å². The van der Waals surface area contributed by atoms with Crippen molar-refractivity contribution in [2.45, 2.75) is 52.0 Å². The summed E-state index contributed by atoms with van der Waals surface area (Å²) in [6, 6.07) is 11.6. The molecule has 0 bridgehead atoms. The van der Waals surface area contributed by atoms with Gasteiger partial charge in [0.05, 0.1) is 11.2 Å². The van der Waals surface area contributed by atoms with Crippen LogP contribution in [0.25, 0.3) is 5.69 Å². The lowest BCUT2D eigenvalue weighted by molar-refractivity contribution is 0.102. The minimum Gasteiger partial charge on any atom is -0.321 e. The fourth-order valence-corrected chi connectivity index (χ4v) is 3.26. The number of benzene rings is 1. The molecule has 0 unspecified atom stereocenters. The van der Waals surface area contributed by atoms with E-state index < -0.39 is 0 Å². The van der Waals surface area contributed by atoms with Crippen molar-refractivity contribution in [1.29, 1.82) is 0 Å². The van der Waals surface area contributed by atoms with Gasteiger partial charge in [-0.15, -0.1) is 0 Å². The second-order valence-corrected chi connectivity index (χ2v) is 8.20. The van der Waals surface area contributed by atoms with Crippen molar-refractivity contribution >= 4 is 11.6 Å². The lowest BCUT2D eigenvalue weighted by Crippen LogP contribution is -2.25. The molecular formula is C21H25N5O. The van der Waals surface area contributed by atoms with Gasteiger partial charge in [0.1, 0.15) is 0 Å². The highest BCUT2D eigenvalue weighted by Crippen LogP contribution is 2.41. The summed E-state index contributed by atoms with van der Waals surface area (Å²) in [5, 5.41) is 11.9. The number of aromatic nitrogens is 4. The van der Waals surface area contributed by atoms with Crippen molar-refractivity contribution in [3.8, 4) is 5.69 Å². The Morgan fingerprint density at radius 3 is 2.59 bits per heavy atom. The number of aryl methyl sites for hydroxylation is 1. The number of nitrogens with zero attached hydrogens (tertiary/aromatic N) is 4. The predicted molar refractivity (Wildman–Crippen MR) is 105 cm³/mol. The third-order valence-corrected chi connectivity index (χ3v) is 4.78. The molecule has 6 nitrogen and oxygen atoms in total. The van der Waals surface area contributed by atoms with E-state index in [-0.39, 0.29) is 11.4 Å². The Kier molecular flexibility index (Phi) is 4.13. The molecule has 0 saturated heterocycles. The molecule has 0 atom stereocenters. The zero-order valence-corrected chi connectivity index (χ0v) is 16.2. The molecule has 1 aromatic carbocycles. The van der Waals surface area contributed by atoms with E-state index in [1.807, 2.05) is 52.7 Å². The first-order valence-corrected chi connectivity index (χ1v) is 9.36. The van der Waals surface area contributed by atoms with Gasteiger partial charge in [-0.3, -0.25) is 9.48 Å². The first kappa shape index (κ1) is 17.5. The van der Waals surface area contributed by atoms with E-state index >= 15 is 0 Å². The Hall–Kier alpha value is -2.89. The Balaban J connectivity index is 1.59. The number of carbonyl (C=O) groups is 1. The van der Waals surface area contributed by atoms with Gasteiger partial charge in [0.25, 0.3) is 5.91 Å². The van der Waals surface area contributed by atoms with Crippen LogP contribution < -0.4 is 5.32 Å². The van der Waals surface area contributed by atoms with Crippen LogP contribution in [0, 0.1) is 6.92 Å². The maximum Gasteiger partial charge on any atom is 0.276 e. The van der Waals surface area contributed by atoms with Crippen molar-refractivity contribution in [1.82, 2.24) is 19.6 Å². The zero-order chi connectivity index (χ0) is 19.2. The quantitative estimate of drug-likeness (QED) is 0.753. The van der Waals surface area contributed by atoms with E-state index in [4.69, 9.17) is 0 Å². The summed E-state index contributed by atoms with van der Waals surface area (Å²) in [7, 11) is 0. The fraction of sp³-hybridized carbons (Fsp3) is 0.381. The van der Waals surface area contributed by atoms with Crippen LogP contribution in [-0.4, -0.2) is 25.5 Å². The van der Waals surface area contributed by atoms with Gasteiger partial charge >= 0.3 is 0 Å². The SMILES string of the molecule is Cc1ccnn1-c1cccc(NC(=O)c2cc(C3CC3)n(C(C)(C)C)n2)c1. The van der Waals surface area contributed by atoms with E-state index in [1.54, 1.807) is 6.20 Å². The average Bonchev–Trinajstić information content (AvgIpc) is 3.19. The van der Waals surface area contributed by atoms with E-state index in [0.29, 0.717) is 11.6 Å². The minimum absolute atomic E-state index is 0.145. The predicted octanol–water partition coefficient (Wildman–Crippen LogP) is 4.26.